The van der Waals surface area contributed by atoms with Gasteiger partial charge in [0.05, 0.1) is 41.1 Å². The third-order valence-corrected chi connectivity index (χ3v) is 7.36. The summed E-state index contributed by atoms with van der Waals surface area (Å²) in [5, 5.41) is 17.0. The average molecular weight is 631 g/mol. The number of fused-ring (bicyclic) bond motifs is 2. The number of allylic oxidation sites excluding steroid dienone is 1. The highest BCUT2D eigenvalue weighted by Crippen LogP contribution is 2.35. The fourth-order valence-electron chi connectivity index (χ4n) is 5.24. The molecule has 11 nitrogen and oxygen atoms in total. The van der Waals surface area contributed by atoms with E-state index in [-0.39, 0.29) is 23.7 Å². The number of hydrogen-bond acceptors (Lipinski definition) is 9. The maximum atomic E-state index is 13.8. The van der Waals surface area contributed by atoms with Crippen LogP contribution in [-0.2, 0) is 13.0 Å². The van der Waals surface area contributed by atoms with Gasteiger partial charge < -0.3 is 18.6 Å². The number of benzene rings is 4. The van der Waals surface area contributed by atoms with Gasteiger partial charge in [-0.05, 0) is 66.9 Å². The van der Waals surface area contributed by atoms with E-state index < -0.39 is 4.92 Å². The molecule has 0 aliphatic carbocycles. The van der Waals surface area contributed by atoms with Gasteiger partial charge in [-0.15, -0.1) is 6.58 Å². The van der Waals surface area contributed by atoms with E-state index in [9.17, 15) is 14.9 Å². The number of methoxy groups -OCH3 is 1. The highest BCUT2D eigenvalue weighted by atomic mass is 16.6. The van der Waals surface area contributed by atoms with Crippen LogP contribution in [0, 0.1) is 10.1 Å². The van der Waals surface area contributed by atoms with Gasteiger partial charge in [0.1, 0.15) is 17.9 Å². The van der Waals surface area contributed by atoms with Crippen LogP contribution >= 0.6 is 0 Å². The quantitative estimate of drug-likeness (QED) is 0.0595. The minimum absolute atomic E-state index is 0.0198. The Labute approximate surface area is 269 Å². The lowest BCUT2D eigenvalue weighted by Crippen LogP contribution is -2.20. The van der Waals surface area contributed by atoms with E-state index in [0.717, 1.165) is 10.9 Å². The molecule has 0 atom stereocenters. The largest absolute Gasteiger partial charge is 0.496 e. The van der Waals surface area contributed by atoms with Crippen molar-refractivity contribution in [3.63, 3.8) is 0 Å². The van der Waals surface area contributed by atoms with Crippen molar-refractivity contribution in [2.75, 3.05) is 13.7 Å². The summed E-state index contributed by atoms with van der Waals surface area (Å²) >= 11 is 0. The lowest BCUT2D eigenvalue weighted by molar-refractivity contribution is -0.384. The van der Waals surface area contributed by atoms with Gasteiger partial charge in [-0.1, -0.05) is 36.4 Å². The third kappa shape index (κ3) is 6.32. The Morgan fingerprint density at radius 2 is 1.83 bits per heavy atom. The monoisotopic (exact) mass is 630 g/mol. The number of nitro benzene ring substituents is 1. The standard InChI is InChI=1S/C36H30N4O7/c1-4-10-25-17-24(19-32(45-5-2)34(25)46-22-23-11-8-12-26(18-23)40(42)43)21-37-39-35(38-29-14-7-6-13-27(29)36(39)41)33-20-28-30(44-3)15-9-16-31(28)47-33/h4,6-9,11-21H,1,5,10,22H2,2-3H3. The maximum Gasteiger partial charge on any atom is 0.282 e. The highest BCUT2D eigenvalue weighted by molar-refractivity contribution is 5.89. The molecule has 0 spiro atoms. The van der Waals surface area contributed by atoms with Crippen LogP contribution in [0.4, 0.5) is 5.69 Å². The summed E-state index contributed by atoms with van der Waals surface area (Å²) in [5.41, 5.74) is 2.71. The van der Waals surface area contributed by atoms with Crippen LogP contribution in [0.15, 0.2) is 112 Å². The van der Waals surface area contributed by atoms with E-state index in [4.69, 9.17) is 23.6 Å². The molecule has 0 aliphatic heterocycles. The molecule has 6 rings (SSSR count). The van der Waals surface area contributed by atoms with Crippen molar-refractivity contribution in [2.24, 2.45) is 5.10 Å². The summed E-state index contributed by atoms with van der Waals surface area (Å²) in [4.78, 5) is 29.4. The number of nitro groups is 1. The van der Waals surface area contributed by atoms with Crippen molar-refractivity contribution < 1.29 is 23.6 Å². The Morgan fingerprint density at radius 3 is 2.62 bits per heavy atom. The van der Waals surface area contributed by atoms with Gasteiger partial charge in [-0.25, -0.2) is 4.98 Å². The molecule has 2 heterocycles. The summed E-state index contributed by atoms with van der Waals surface area (Å²) in [5.74, 6) is 2.12. The van der Waals surface area contributed by atoms with Crippen LogP contribution in [0.25, 0.3) is 33.5 Å². The van der Waals surface area contributed by atoms with Crippen LogP contribution in [0.1, 0.15) is 23.6 Å². The second kappa shape index (κ2) is 13.4. The molecular weight excluding hydrogens is 600 g/mol. The van der Waals surface area contributed by atoms with Crippen LogP contribution in [0.2, 0.25) is 0 Å². The highest BCUT2D eigenvalue weighted by Gasteiger charge is 2.19. The second-order valence-corrected chi connectivity index (χ2v) is 10.4. The molecule has 6 aromatic rings. The molecule has 4 aromatic carbocycles. The van der Waals surface area contributed by atoms with Crippen molar-refractivity contribution in [3.05, 3.63) is 135 Å². The number of non-ortho nitro benzene ring substituents is 1. The summed E-state index contributed by atoms with van der Waals surface area (Å²) < 4.78 is 25.0. The molecule has 0 saturated heterocycles. The van der Waals surface area contributed by atoms with E-state index in [1.165, 1.54) is 16.8 Å². The number of hydrogen-bond donors (Lipinski definition) is 0. The Hall–Kier alpha value is -6.23. The first-order valence-electron chi connectivity index (χ1n) is 14.8. The van der Waals surface area contributed by atoms with Gasteiger partial charge in [0, 0.05) is 17.7 Å². The van der Waals surface area contributed by atoms with Gasteiger partial charge in [0.2, 0.25) is 5.82 Å². The Bertz CT molecular complexity index is 2220. The molecule has 0 radical (unpaired) electrons. The first-order chi connectivity index (χ1) is 22.9. The Balaban J connectivity index is 1.43. The fraction of sp³-hybridized carbons (Fsp3) is 0.139. The summed E-state index contributed by atoms with van der Waals surface area (Å²) in [6.07, 6.45) is 3.72. The van der Waals surface area contributed by atoms with Gasteiger partial charge in [-0.2, -0.15) is 9.78 Å². The molecule has 2 aromatic heterocycles. The van der Waals surface area contributed by atoms with E-state index in [1.54, 1.807) is 61.9 Å². The van der Waals surface area contributed by atoms with Crippen molar-refractivity contribution in [3.8, 4) is 28.8 Å². The minimum atomic E-state index is -0.445. The van der Waals surface area contributed by atoms with Crippen molar-refractivity contribution >= 4 is 33.8 Å². The van der Waals surface area contributed by atoms with Crippen molar-refractivity contribution in [1.82, 2.24) is 9.66 Å². The Morgan fingerprint density at radius 1 is 1.00 bits per heavy atom. The van der Waals surface area contributed by atoms with E-state index >= 15 is 0 Å². The SMILES string of the molecule is C=CCc1cc(C=Nn2c(-c3cc4c(OC)cccc4o3)nc3ccccc3c2=O)cc(OCC)c1OCc1cccc([N+](=O)[O-])c1. The third-order valence-electron chi connectivity index (χ3n) is 7.36. The predicted molar refractivity (Wildman–Crippen MR) is 180 cm³/mol. The first-order valence-corrected chi connectivity index (χ1v) is 14.8. The van der Waals surface area contributed by atoms with E-state index in [2.05, 4.69) is 11.7 Å². The molecule has 0 amide bonds. The average Bonchev–Trinajstić information content (AvgIpc) is 3.52. The number of furan rings is 1. The predicted octanol–water partition coefficient (Wildman–Crippen LogP) is 7.31. The smallest absolute Gasteiger partial charge is 0.282 e. The summed E-state index contributed by atoms with van der Waals surface area (Å²) in [7, 11) is 1.58. The lowest BCUT2D eigenvalue weighted by atomic mass is 10.1. The zero-order valence-electron chi connectivity index (χ0n) is 25.7. The molecule has 0 bridgehead atoms. The molecule has 0 unspecified atom stereocenters. The van der Waals surface area contributed by atoms with Crippen LogP contribution in [0.5, 0.6) is 17.2 Å². The number of nitrogens with zero attached hydrogens (tertiary/aromatic N) is 4. The van der Waals surface area contributed by atoms with Crippen LogP contribution in [-0.4, -0.2) is 34.5 Å². The van der Waals surface area contributed by atoms with Gasteiger partial charge in [-0.3, -0.25) is 14.9 Å². The van der Waals surface area contributed by atoms with Gasteiger partial charge in [0.25, 0.3) is 11.2 Å². The minimum Gasteiger partial charge on any atom is -0.496 e. The molecule has 47 heavy (non-hydrogen) atoms. The van der Waals surface area contributed by atoms with Gasteiger partial charge in [0.15, 0.2) is 17.3 Å². The van der Waals surface area contributed by atoms with Crippen molar-refractivity contribution in [2.45, 2.75) is 20.0 Å². The number of aromatic nitrogens is 2. The zero-order valence-corrected chi connectivity index (χ0v) is 25.7. The molecule has 0 fully saturated rings. The molecule has 0 N–H and O–H groups in total. The van der Waals surface area contributed by atoms with Gasteiger partial charge >= 0.3 is 0 Å². The van der Waals surface area contributed by atoms with Crippen LogP contribution < -0.4 is 19.8 Å². The summed E-state index contributed by atoms with van der Waals surface area (Å²) in [6, 6.07) is 24.2. The molecule has 11 heteroatoms. The topological polar surface area (TPSA) is 131 Å². The zero-order chi connectivity index (χ0) is 32.9. The van der Waals surface area contributed by atoms with E-state index in [1.807, 2.05) is 37.3 Å². The van der Waals surface area contributed by atoms with E-state index in [0.29, 0.717) is 63.6 Å². The maximum absolute atomic E-state index is 13.8. The summed E-state index contributed by atoms with van der Waals surface area (Å²) in [6.45, 7) is 6.18. The van der Waals surface area contributed by atoms with Crippen LogP contribution in [0.3, 0.4) is 0 Å². The molecule has 0 saturated carbocycles. The van der Waals surface area contributed by atoms with Crippen molar-refractivity contribution in [1.29, 1.82) is 0 Å². The number of para-hydroxylation sites is 1. The Kier molecular flexibility index (Phi) is 8.78. The normalized spacial score (nSPS) is 11.3. The number of ether oxygens (including phenoxy) is 3. The lowest BCUT2D eigenvalue weighted by Gasteiger charge is -2.17. The second-order valence-electron chi connectivity index (χ2n) is 10.4. The number of rotatable bonds is 12. The molecule has 0 aliphatic rings. The molecule has 236 valence electrons. The molecular formula is C36H30N4O7. The first kappa shape index (κ1) is 30.8. The fourth-order valence-corrected chi connectivity index (χ4v) is 5.24.